The normalized spacial score (nSPS) is 11.9. The molecule has 3 N–H and O–H groups in total. The van der Waals surface area contributed by atoms with Crippen LogP contribution in [-0.2, 0) is 0 Å². The minimum atomic E-state index is 0.167. The molecule has 82 valence electrons. The first-order valence-electron chi connectivity index (χ1n) is 4.86. The minimum absolute atomic E-state index is 0.167. The molecule has 1 aromatic carbocycles. The number of halogens is 1. The highest BCUT2D eigenvalue weighted by molar-refractivity contribution is 6.33. The molecule has 0 unspecified atom stereocenters. The first-order chi connectivity index (χ1) is 7.00. The Hall–Kier alpha value is -1.22. The number of guanidine groups is 1. The lowest BCUT2D eigenvalue weighted by molar-refractivity contribution is 0.833. The van der Waals surface area contributed by atoms with Gasteiger partial charge < -0.3 is 11.1 Å². The van der Waals surface area contributed by atoms with Crippen LogP contribution in [0.25, 0.3) is 0 Å². The summed E-state index contributed by atoms with van der Waals surface area (Å²) in [5.41, 5.74) is 7.59. The van der Waals surface area contributed by atoms with Crippen molar-refractivity contribution in [3.63, 3.8) is 0 Å². The smallest absolute Gasteiger partial charge is 0.193 e. The second kappa shape index (κ2) is 5.03. The van der Waals surface area contributed by atoms with Gasteiger partial charge in [-0.3, -0.25) is 4.99 Å². The van der Waals surface area contributed by atoms with Crippen LogP contribution in [0, 0.1) is 6.92 Å². The number of hydrogen-bond acceptors (Lipinski definition) is 1. The van der Waals surface area contributed by atoms with E-state index in [2.05, 4.69) is 10.3 Å². The molecule has 0 aliphatic carbocycles. The van der Waals surface area contributed by atoms with Crippen molar-refractivity contribution in [2.75, 3.05) is 5.32 Å². The van der Waals surface area contributed by atoms with E-state index in [-0.39, 0.29) is 6.04 Å². The molecule has 0 heterocycles. The molecule has 0 aliphatic rings. The Morgan fingerprint density at radius 3 is 2.67 bits per heavy atom. The van der Waals surface area contributed by atoms with Crippen molar-refractivity contribution in [1.82, 2.24) is 0 Å². The minimum Gasteiger partial charge on any atom is -0.370 e. The van der Waals surface area contributed by atoms with E-state index in [1.54, 1.807) is 0 Å². The lowest BCUT2D eigenvalue weighted by Gasteiger charge is -2.11. The summed E-state index contributed by atoms with van der Waals surface area (Å²) >= 11 is 6.04. The van der Waals surface area contributed by atoms with Crippen LogP contribution in [0.3, 0.4) is 0 Å². The molecule has 0 saturated heterocycles. The third-order valence-corrected chi connectivity index (χ3v) is 2.19. The van der Waals surface area contributed by atoms with Crippen LogP contribution >= 0.6 is 11.6 Å². The van der Waals surface area contributed by atoms with E-state index in [1.165, 1.54) is 0 Å². The van der Waals surface area contributed by atoms with Gasteiger partial charge in [0.15, 0.2) is 5.96 Å². The largest absolute Gasteiger partial charge is 0.370 e. The summed E-state index contributed by atoms with van der Waals surface area (Å²) in [5.74, 6) is 0.390. The lowest BCUT2D eigenvalue weighted by atomic mass is 10.2. The average molecular weight is 226 g/mol. The highest BCUT2D eigenvalue weighted by Gasteiger charge is 2.04. The number of aryl methyl sites for hydroxylation is 1. The van der Waals surface area contributed by atoms with Crippen molar-refractivity contribution in [2.24, 2.45) is 10.7 Å². The van der Waals surface area contributed by atoms with E-state index in [4.69, 9.17) is 17.3 Å². The maximum atomic E-state index is 6.04. The molecule has 3 nitrogen and oxygen atoms in total. The number of nitrogens with two attached hydrogens (primary N) is 1. The van der Waals surface area contributed by atoms with Gasteiger partial charge in [0.05, 0.1) is 10.7 Å². The van der Waals surface area contributed by atoms with Gasteiger partial charge in [-0.25, -0.2) is 0 Å². The van der Waals surface area contributed by atoms with E-state index in [9.17, 15) is 0 Å². The molecule has 15 heavy (non-hydrogen) atoms. The second-order valence-electron chi connectivity index (χ2n) is 3.66. The van der Waals surface area contributed by atoms with E-state index >= 15 is 0 Å². The van der Waals surface area contributed by atoms with Gasteiger partial charge in [-0.1, -0.05) is 23.7 Å². The van der Waals surface area contributed by atoms with Crippen molar-refractivity contribution in [3.8, 4) is 0 Å². The van der Waals surface area contributed by atoms with Crippen LogP contribution in [0.5, 0.6) is 0 Å². The number of aliphatic imine (C=N–C) groups is 1. The number of nitrogens with one attached hydrogen (secondary N) is 1. The number of benzene rings is 1. The molecule has 0 bridgehead atoms. The van der Waals surface area contributed by atoms with E-state index in [1.807, 2.05) is 39.0 Å². The molecule has 0 saturated carbocycles. The topological polar surface area (TPSA) is 50.4 Å². The summed E-state index contributed by atoms with van der Waals surface area (Å²) in [6.45, 7) is 5.90. The zero-order chi connectivity index (χ0) is 11.4. The van der Waals surface area contributed by atoms with Crippen molar-refractivity contribution >= 4 is 23.2 Å². The Balaban J connectivity index is 2.90. The molecule has 0 aromatic heterocycles. The van der Waals surface area contributed by atoms with Crippen LogP contribution in [0.2, 0.25) is 5.02 Å². The quantitative estimate of drug-likeness (QED) is 0.601. The van der Waals surface area contributed by atoms with Gasteiger partial charge in [0.2, 0.25) is 0 Å². The molecule has 0 spiro atoms. The van der Waals surface area contributed by atoms with Gasteiger partial charge in [-0.2, -0.15) is 0 Å². The van der Waals surface area contributed by atoms with E-state index < -0.39 is 0 Å². The monoisotopic (exact) mass is 225 g/mol. The zero-order valence-corrected chi connectivity index (χ0v) is 9.97. The number of nitrogens with zero attached hydrogens (tertiary/aromatic N) is 1. The summed E-state index contributed by atoms with van der Waals surface area (Å²) in [4.78, 5) is 4.18. The first kappa shape index (κ1) is 11.9. The molecule has 0 fully saturated rings. The highest BCUT2D eigenvalue weighted by Crippen LogP contribution is 2.24. The third-order valence-electron chi connectivity index (χ3n) is 1.87. The Morgan fingerprint density at radius 1 is 1.47 bits per heavy atom. The Bertz CT molecular complexity index is 352. The number of rotatable bonds is 2. The summed E-state index contributed by atoms with van der Waals surface area (Å²) in [5, 5.41) is 3.66. The van der Waals surface area contributed by atoms with Gasteiger partial charge in [-0.05, 0) is 32.4 Å². The highest BCUT2D eigenvalue weighted by atomic mass is 35.5. The van der Waals surface area contributed by atoms with E-state index in [0.29, 0.717) is 11.0 Å². The Kier molecular flexibility index (Phi) is 3.97. The van der Waals surface area contributed by atoms with Crippen LogP contribution in [0.15, 0.2) is 23.2 Å². The fraction of sp³-hybridized carbons (Fsp3) is 0.364. The molecule has 4 heteroatoms. The fourth-order valence-electron chi connectivity index (χ4n) is 1.23. The Labute approximate surface area is 95.3 Å². The number of para-hydroxylation sites is 1. The number of hydrogen-bond donors (Lipinski definition) is 2. The van der Waals surface area contributed by atoms with E-state index in [0.717, 1.165) is 11.3 Å². The van der Waals surface area contributed by atoms with Crippen molar-refractivity contribution in [2.45, 2.75) is 26.8 Å². The molecule has 0 amide bonds. The fourth-order valence-corrected chi connectivity index (χ4v) is 1.50. The van der Waals surface area contributed by atoms with Crippen LogP contribution in [-0.4, -0.2) is 12.0 Å². The molecule has 0 aliphatic heterocycles. The predicted molar refractivity (Wildman–Crippen MR) is 66.6 cm³/mol. The summed E-state index contributed by atoms with van der Waals surface area (Å²) < 4.78 is 0. The van der Waals surface area contributed by atoms with Crippen molar-refractivity contribution < 1.29 is 0 Å². The molecule has 0 radical (unpaired) electrons. The van der Waals surface area contributed by atoms with Crippen LogP contribution < -0.4 is 11.1 Å². The second-order valence-corrected chi connectivity index (χ2v) is 4.07. The van der Waals surface area contributed by atoms with Gasteiger partial charge in [0, 0.05) is 6.04 Å². The summed E-state index contributed by atoms with van der Waals surface area (Å²) in [6, 6.07) is 5.86. The standard InChI is InChI=1S/C11H16ClN3/c1-7(2)14-11(13)15-10-8(3)5-4-6-9(10)12/h4-7H,1-3H3,(H3,13,14,15). The number of anilines is 1. The Morgan fingerprint density at radius 2 is 2.13 bits per heavy atom. The molecular weight excluding hydrogens is 210 g/mol. The summed E-state index contributed by atoms with van der Waals surface area (Å²) in [6.07, 6.45) is 0. The van der Waals surface area contributed by atoms with Gasteiger partial charge in [0.1, 0.15) is 0 Å². The molecule has 0 atom stereocenters. The third kappa shape index (κ3) is 3.44. The molecule has 1 rings (SSSR count). The van der Waals surface area contributed by atoms with Gasteiger partial charge >= 0.3 is 0 Å². The van der Waals surface area contributed by atoms with Crippen molar-refractivity contribution in [1.29, 1.82) is 0 Å². The maximum absolute atomic E-state index is 6.04. The molecule has 1 aromatic rings. The zero-order valence-electron chi connectivity index (χ0n) is 9.21. The molecular formula is C11H16ClN3. The SMILES string of the molecule is Cc1cccc(Cl)c1NC(N)=NC(C)C. The van der Waals surface area contributed by atoms with Crippen LogP contribution in [0.1, 0.15) is 19.4 Å². The summed E-state index contributed by atoms with van der Waals surface area (Å²) in [7, 11) is 0. The van der Waals surface area contributed by atoms with Gasteiger partial charge in [0.25, 0.3) is 0 Å². The van der Waals surface area contributed by atoms with Crippen molar-refractivity contribution in [3.05, 3.63) is 28.8 Å². The maximum Gasteiger partial charge on any atom is 0.193 e. The predicted octanol–water partition coefficient (Wildman–Crippen LogP) is 2.78. The first-order valence-corrected chi connectivity index (χ1v) is 5.24. The average Bonchev–Trinajstić information content (AvgIpc) is 2.10. The lowest BCUT2D eigenvalue weighted by Crippen LogP contribution is -2.24. The van der Waals surface area contributed by atoms with Gasteiger partial charge in [-0.15, -0.1) is 0 Å². The van der Waals surface area contributed by atoms with Crippen LogP contribution in [0.4, 0.5) is 5.69 Å².